The summed E-state index contributed by atoms with van der Waals surface area (Å²) in [6.45, 7) is 8.58. The normalized spacial score (nSPS) is 22.8. The molecule has 2 nitrogen and oxygen atoms in total. The van der Waals surface area contributed by atoms with Crippen molar-refractivity contribution in [3.8, 4) is 0 Å². The van der Waals surface area contributed by atoms with E-state index in [2.05, 4.69) is 39.6 Å². The van der Waals surface area contributed by atoms with E-state index in [1.54, 1.807) is 0 Å². The van der Waals surface area contributed by atoms with Crippen LogP contribution in [0.4, 0.5) is 5.69 Å². The molecule has 1 aromatic rings. The number of carbonyl (C=O) groups is 1. The van der Waals surface area contributed by atoms with Crippen LogP contribution in [0.5, 0.6) is 0 Å². The molecule has 92 valence electrons. The zero-order valence-electron chi connectivity index (χ0n) is 11.3. The fourth-order valence-corrected chi connectivity index (χ4v) is 3.10. The smallest absolute Gasteiger partial charge is 0.170 e. The molecule has 1 aromatic carbocycles. The van der Waals surface area contributed by atoms with Gasteiger partial charge in [-0.05, 0) is 31.9 Å². The van der Waals surface area contributed by atoms with Crippen LogP contribution in [0.25, 0.3) is 0 Å². The highest BCUT2D eigenvalue weighted by Gasteiger charge is 2.45. The van der Waals surface area contributed by atoms with Gasteiger partial charge in [-0.2, -0.15) is 0 Å². The average Bonchev–Trinajstić information content (AvgIpc) is 2.25. The van der Waals surface area contributed by atoms with E-state index in [1.807, 2.05) is 24.3 Å². The molecular formula is C15H21NO. The molecule has 0 fully saturated rings. The van der Waals surface area contributed by atoms with Gasteiger partial charge in [-0.3, -0.25) is 4.79 Å². The first-order valence-electron chi connectivity index (χ1n) is 6.24. The van der Waals surface area contributed by atoms with Gasteiger partial charge in [0.05, 0.1) is 0 Å². The van der Waals surface area contributed by atoms with Crippen molar-refractivity contribution in [1.82, 2.24) is 0 Å². The number of fused-ring (bicyclic) bond motifs is 1. The van der Waals surface area contributed by atoms with E-state index in [1.165, 1.54) is 0 Å². The number of Topliss-reactive ketones (excluding diaryl/α,β-unsaturated/α-hetero) is 1. The van der Waals surface area contributed by atoms with Crippen LogP contribution >= 0.6 is 0 Å². The number of hydrogen-bond acceptors (Lipinski definition) is 2. The molecular weight excluding hydrogens is 210 g/mol. The van der Waals surface area contributed by atoms with E-state index in [0.717, 1.165) is 11.3 Å². The number of carbonyl (C=O) groups excluding carboxylic acids is 1. The third kappa shape index (κ3) is 1.67. The van der Waals surface area contributed by atoms with E-state index in [4.69, 9.17) is 0 Å². The topological polar surface area (TPSA) is 20.3 Å². The van der Waals surface area contributed by atoms with Gasteiger partial charge in [-0.1, -0.05) is 26.0 Å². The van der Waals surface area contributed by atoms with Crippen LogP contribution in [0, 0.1) is 11.8 Å². The standard InChI is InChI=1S/C15H21NO/c1-10(2)13-14(17)11-8-6-7-9-12(11)16(5)15(13,3)4/h6-10,13H,1-5H3. The zero-order valence-corrected chi connectivity index (χ0v) is 11.3. The third-order valence-corrected chi connectivity index (χ3v) is 4.11. The summed E-state index contributed by atoms with van der Waals surface area (Å²) in [6.07, 6.45) is 0. The van der Waals surface area contributed by atoms with Gasteiger partial charge in [-0.25, -0.2) is 0 Å². The van der Waals surface area contributed by atoms with Crippen LogP contribution in [0.1, 0.15) is 38.1 Å². The SMILES string of the molecule is CC(C)C1C(=O)c2ccccc2N(C)C1(C)C. The Kier molecular flexibility index (Phi) is 2.76. The lowest BCUT2D eigenvalue weighted by Crippen LogP contribution is -2.55. The maximum Gasteiger partial charge on any atom is 0.170 e. The van der Waals surface area contributed by atoms with E-state index in [0.29, 0.717) is 11.7 Å². The Morgan fingerprint density at radius 1 is 1.24 bits per heavy atom. The first-order valence-corrected chi connectivity index (χ1v) is 6.24. The summed E-state index contributed by atoms with van der Waals surface area (Å²) in [7, 11) is 2.08. The summed E-state index contributed by atoms with van der Waals surface area (Å²) in [5, 5.41) is 0. The van der Waals surface area contributed by atoms with Gasteiger partial charge in [-0.15, -0.1) is 0 Å². The molecule has 0 radical (unpaired) electrons. The van der Waals surface area contributed by atoms with Crippen LogP contribution in [0.2, 0.25) is 0 Å². The van der Waals surface area contributed by atoms with Crippen molar-refractivity contribution in [2.45, 2.75) is 33.2 Å². The summed E-state index contributed by atoms with van der Waals surface area (Å²) in [4.78, 5) is 14.8. The van der Waals surface area contributed by atoms with Gasteiger partial charge in [0.2, 0.25) is 0 Å². The summed E-state index contributed by atoms with van der Waals surface area (Å²) in [5.74, 6) is 0.703. The van der Waals surface area contributed by atoms with Crippen molar-refractivity contribution < 1.29 is 4.79 Å². The third-order valence-electron chi connectivity index (χ3n) is 4.11. The summed E-state index contributed by atoms with van der Waals surface area (Å²) >= 11 is 0. The number of benzene rings is 1. The molecule has 1 atom stereocenters. The van der Waals surface area contributed by atoms with Crippen LogP contribution < -0.4 is 4.90 Å². The monoisotopic (exact) mass is 231 g/mol. The van der Waals surface area contributed by atoms with Crippen molar-refractivity contribution >= 4 is 11.5 Å². The number of rotatable bonds is 1. The zero-order chi connectivity index (χ0) is 12.8. The lowest BCUT2D eigenvalue weighted by Gasteiger charge is -2.48. The van der Waals surface area contributed by atoms with Crippen LogP contribution in [0.3, 0.4) is 0 Å². The number of ketones is 1. The Morgan fingerprint density at radius 2 is 1.82 bits per heavy atom. The van der Waals surface area contributed by atoms with Crippen molar-refractivity contribution in [3.63, 3.8) is 0 Å². The largest absolute Gasteiger partial charge is 0.368 e. The minimum absolute atomic E-state index is 0.0578. The molecule has 1 aliphatic rings. The molecule has 0 aromatic heterocycles. The van der Waals surface area contributed by atoms with Gasteiger partial charge < -0.3 is 4.90 Å². The van der Waals surface area contributed by atoms with E-state index >= 15 is 0 Å². The molecule has 0 saturated carbocycles. The maximum absolute atomic E-state index is 12.6. The van der Waals surface area contributed by atoms with Gasteiger partial charge in [0.1, 0.15) is 0 Å². The summed E-state index contributed by atoms with van der Waals surface area (Å²) in [5.41, 5.74) is 1.80. The first-order chi connectivity index (χ1) is 7.87. The maximum atomic E-state index is 12.6. The van der Waals surface area contributed by atoms with Crippen LogP contribution in [-0.2, 0) is 0 Å². The van der Waals surface area contributed by atoms with Gasteiger partial charge >= 0.3 is 0 Å². The molecule has 1 unspecified atom stereocenters. The van der Waals surface area contributed by atoms with E-state index in [9.17, 15) is 4.79 Å². The van der Waals surface area contributed by atoms with Crippen LogP contribution in [-0.4, -0.2) is 18.4 Å². The fraction of sp³-hybridized carbons (Fsp3) is 0.533. The highest BCUT2D eigenvalue weighted by atomic mass is 16.1. The van der Waals surface area contributed by atoms with Crippen LogP contribution in [0.15, 0.2) is 24.3 Å². The number of para-hydroxylation sites is 1. The predicted octanol–water partition coefficient (Wildman–Crippen LogP) is 3.37. The highest BCUT2D eigenvalue weighted by molar-refractivity contribution is 6.06. The summed E-state index contributed by atoms with van der Waals surface area (Å²) in [6, 6.07) is 7.92. The number of hydrogen-bond donors (Lipinski definition) is 0. The summed E-state index contributed by atoms with van der Waals surface area (Å²) < 4.78 is 0. The molecule has 0 spiro atoms. The van der Waals surface area contributed by atoms with Crippen molar-refractivity contribution in [2.75, 3.05) is 11.9 Å². The second-order valence-electron chi connectivity index (χ2n) is 5.82. The quantitative estimate of drug-likeness (QED) is 0.738. The van der Waals surface area contributed by atoms with Gasteiger partial charge in [0.15, 0.2) is 5.78 Å². The molecule has 2 heteroatoms. The molecule has 17 heavy (non-hydrogen) atoms. The first kappa shape index (κ1) is 12.2. The minimum atomic E-state index is -0.125. The Hall–Kier alpha value is -1.31. The molecule has 0 aliphatic carbocycles. The van der Waals surface area contributed by atoms with Crippen molar-refractivity contribution in [3.05, 3.63) is 29.8 Å². The van der Waals surface area contributed by atoms with Crippen molar-refractivity contribution in [1.29, 1.82) is 0 Å². The predicted molar refractivity (Wildman–Crippen MR) is 71.6 cm³/mol. The lowest BCUT2D eigenvalue weighted by molar-refractivity contribution is 0.0792. The van der Waals surface area contributed by atoms with E-state index in [-0.39, 0.29) is 11.5 Å². The second kappa shape index (κ2) is 3.86. The Bertz CT molecular complexity index is 448. The second-order valence-corrected chi connectivity index (χ2v) is 5.82. The lowest BCUT2D eigenvalue weighted by atomic mass is 9.71. The Labute approximate surface area is 104 Å². The molecule has 0 N–H and O–H groups in total. The molecule has 2 rings (SSSR count). The molecule has 0 saturated heterocycles. The highest BCUT2D eigenvalue weighted by Crippen LogP contribution is 2.41. The average molecular weight is 231 g/mol. The molecule has 1 aliphatic heterocycles. The number of anilines is 1. The molecule has 0 amide bonds. The number of nitrogens with zero attached hydrogens (tertiary/aromatic N) is 1. The van der Waals surface area contributed by atoms with Crippen molar-refractivity contribution in [2.24, 2.45) is 11.8 Å². The Balaban J connectivity index is 2.61. The van der Waals surface area contributed by atoms with E-state index < -0.39 is 0 Å². The van der Waals surface area contributed by atoms with Gasteiger partial charge in [0.25, 0.3) is 0 Å². The molecule has 0 bridgehead atoms. The Morgan fingerprint density at radius 3 is 2.41 bits per heavy atom. The fourth-order valence-electron chi connectivity index (χ4n) is 3.10. The molecule has 1 heterocycles. The minimum Gasteiger partial charge on any atom is -0.368 e. The van der Waals surface area contributed by atoms with Gasteiger partial charge in [0, 0.05) is 29.8 Å².